The highest BCUT2D eigenvalue weighted by Gasteiger charge is 2.20. The van der Waals surface area contributed by atoms with E-state index in [2.05, 4.69) is 5.32 Å². The molecule has 3 nitrogen and oxygen atoms in total. The van der Waals surface area contributed by atoms with Crippen LogP contribution in [0.5, 0.6) is 0 Å². The predicted molar refractivity (Wildman–Crippen MR) is 79.0 cm³/mol. The number of halogens is 1. The van der Waals surface area contributed by atoms with Crippen molar-refractivity contribution in [2.45, 2.75) is 19.1 Å². The Bertz CT molecular complexity index is 574. The third-order valence-electron chi connectivity index (χ3n) is 3.29. The standard InChI is InChI=1S/C16H19FN2O/c1-11-5-2-3-8-14(11)19-16(15(20)10-18)12-6-4-7-13(17)9-12/h2-9,15-16,19-20H,10,18H2,1H3. The fourth-order valence-corrected chi connectivity index (χ4v) is 2.14. The van der Waals surface area contributed by atoms with Gasteiger partial charge in [-0.25, -0.2) is 4.39 Å². The fraction of sp³-hybridized carbons (Fsp3) is 0.250. The smallest absolute Gasteiger partial charge is 0.123 e. The second-order valence-electron chi connectivity index (χ2n) is 4.79. The van der Waals surface area contributed by atoms with Gasteiger partial charge < -0.3 is 16.2 Å². The number of aliphatic hydroxyl groups excluding tert-OH is 1. The molecule has 0 saturated carbocycles. The lowest BCUT2D eigenvalue weighted by Gasteiger charge is -2.25. The zero-order valence-electron chi connectivity index (χ0n) is 11.4. The van der Waals surface area contributed by atoms with E-state index < -0.39 is 12.1 Å². The number of hydrogen-bond acceptors (Lipinski definition) is 3. The molecule has 20 heavy (non-hydrogen) atoms. The first-order chi connectivity index (χ1) is 9.61. The molecule has 0 aliphatic rings. The topological polar surface area (TPSA) is 58.3 Å². The van der Waals surface area contributed by atoms with Crippen molar-refractivity contribution < 1.29 is 9.50 Å². The average molecular weight is 274 g/mol. The lowest BCUT2D eigenvalue weighted by atomic mass is 10.00. The second kappa shape index (κ2) is 6.50. The summed E-state index contributed by atoms with van der Waals surface area (Å²) < 4.78 is 13.4. The van der Waals surface area contributed by atoms with Gasteiger partial charge in [0.1, 0.15) is 5.82 Å². The predicted octanol–water partition coefficient (Wildman–Crippen LogP) is 2.61. The summed E-state index contributed by atoms with van der Waals surface area (Å²) in [5.74, 6) is -0.330. The Kier molecular flexibility index (Phi) is 4.71. The van der Waals surface area contributed by atoms with Gasteiger partial charge in [-0.1, -0.05) is 30.3 Å². The third kappa shape index (κ3) is 3.35. The molecule has 2 aromatic carbocycles. The Morgan fingerprint density at radius 3 is 2.60 bits per heavy atom. The summed E-state index contributed by atoms with van der Waals surface area (Å²) in [6, 6.07) is 13.5. The molecule has 2 atom stereocenters. The normalized spacial score (nSPS) is 13.8. The molecule has 2 unspecified atom stereocenters. The highest BCUT2D eigenvalue weighted by atomic mass is 19.1. The maximum absolute atomic E-state index is 13.4. The number of nitrogens with two attached hydrogens (primary N) is 1. The number of para-hydroxylation sites is 1. The van der Waals surface area contributed by atoms with E-state index in [0.717, 1.165) is 11.3 Å². The first-order valence-corrected chi connectivity index (χ1v) is 6.57. The van der Waals surface area contributed by atoms with Crippen molar-refractivity contribution in [3.8, 4) is 0 Å². The molecular formula is C16H19FN2O. The largest absolute Gasteiger partial charge is 0.389 e. The van der Waals surface area contributed by atoms with E-state index in [1.807, 2.05) is 31.2 Å². The number of aryl methyl sites for hydroxylation is 1. The van der Waals surface area contributed by atoms with Crippen LogP contribution in [-0.2, 0) is 0 Å². The molecule has 4 heteroatoms. The van der Waals surface area contributed by atoms with E-state index in [4.69, 9.17) is 5.73 Å². The van der Waals surface area contributed by atoms with Crippen LogP contribution in [0.4, 0.5) is 10.1 Å². The summed E-state index contributed by atoms with van der Waals surface area (Å²) in [7, 11) is 0. The van der Waals surface area contributed by atoms with Crippen LogP contribution in [-0.4, -0.2) is 17.8 Å². The molecule has 0 amide bonds. The first kappa shape index (κ1) is 14.5. The summed E-state index contributed by atoms with van der Waals surface area (Å²) in [6.45, 7) is 2.07. The number of aliphatic hydroxyl groups is 1. The molecule has 0 spiro atoms. The molecule has 0 heterocycles. The molecule has 0 aliphatic heterocycles. The summed E-state index contributed by atoms with van der Waals surface area (Å²) in [5, 5.41) is 13.3. The van der Waals surface area contributed by atoms with Crippen molar-refractivity contribution in [1.29, 1.82) is 0 Å². The van der Waals surface area contributed by atoms with E-state index in [9.17, 15) is 9.50 Å². The Labute approximate surface area is 118 Å². The van der Waals surface area contributed by atoms with E-state index in [0.29, 0.717) is 5.56 Å². The molecule has 0 radical (unpaired) electrons. The van der Waals surface area contributed by atoms with Crippen LogP contribution >= 0.6 is 0 Å². The Balaban J connectivity index is 2.31. The minimum atomic E-state index is -0.795. The van der Waals surface area contributed by atoms with E-state index in [1.165, 1.54) is 12.1 Å². The van der Waals surface area contributed by atoms with E-state index in [-0.39, 0.29) is 12.4 Å². The SMILES string of the molecule is Cc1ccccc1NC(c1cccc(F)c1)C(O)CN. The zero-order chi connectivity index (χ0) is 14.5. The highest BCUT2D eigenvalue weighted by molar-refractivity contribution is 5.52. The summed E-state index contributed by atoms with van der Waals surface area (Å²) >= 11 is 0. The summed E-state index contributed by atoms with van der Waals surface area (Å²) in [4.78, 5) is 0. The van der Waals surface area contributed by atoms with Crippen molar-refractivity contribution in [2.75, 3.05) is 11.9 Å². The molecular weight excluding hydrogens is 255 g/mol. The Morgan fingerprint density at radius 1 is 1.20 bits per heavy atom. The molecule has 106 valence electrons. The van der Waals surface area contributed by atoms with Gasteiger partial charge in [-0.2, -0.15) is 0 Å². The van der Waals surface area contributed by atoms with Crippen LogP contribution in [0.3, 0.4) is 0 Å². The molecule has 4 N–H and O–H groups in total. The molecule has 0 aliphatic carbocycles. The Hall–Kier alpha value is -1.91. The number of rotatable bonds is 5. The van der Waals surface area contributed by atoms with Gasteiger partial charge in [0.05, 0.1) is 12.1 Å². The van der Waals surface area contributed by atoms with Crippen LogP contribution in [0.15, 0.2) is 48.5 Å². The molecule has 0 fully saturated rings. The van der Waals surface area contributed by atoms with E-state index in [1.54, 1.807) is 12.1 Å². The van der Waals surface area contributed by atoms with Gasteiger partial charge in [0, 0.05) is 12.2 Å². The van der Waals surface area contributed by atoms with Crippen molar-refractivity contribution in [2.24, 2.45) is 5.73 Å². The fourth-order valence-electron chi connectivity index (χ4n) is 2.14. The second-order valence-corrected chi connectivity index (χ2v) is 4.79. The van der Waals surface area contributed by atoms with Crippen molar-refractivity contribution >= 4 is 5.69 Å². The molecule has 2 rings (SSSR count). The number of hydrogen-bond donors (Lipinski definition) is 3. The molecule has 2 aromatic rings. The molecule has 0 bridgehead atoms. The first-order valence-electron chi connectivity index (χ1n) is 6.57. The lowest BCUT2D eigenvalue weighted by Crippen LogP contribution is -2.32. The maximum Gasteiger partial charge on any atom is 0.123 e. The minimum absolute atomic E-state index is 0.0973. The van der Waals surface area contributed by atoms with Crippen molar-refractivity contribution in [3.63, 3.8) is 0 Å². The molecule has 0 saturated heterocycles. The van der Waals surface area contributed by atoms with Gasteiger partial charge in [0.2, 0.25) is 0 Å². The quantitative estimate of drug-likeness (QED) is 0.785. The minimum Gasteiger partial charge on any atom is -0.389 e. The average Bonchev–Trinajstić information content (AvgIpc) is 2.45. The van der Waals surface area contributed by atoms with Crippen LogP contribution < -0.4 is 11.1 Å². The number of nitrogens with one attached hydrogen (secondary N) is 1. The zero-order valence-corrected chi connectivity index (χ0v) is 11.4. The lowest BCUT2D eigenvalue weighted by molar-refractivity contribution is 0.160. The van der Waals surface area contributed by atoms with Crippen LogP contribution in [0.1, 0.15) is 17.2 Å². The van der Waals surface area contributed by atoms with Crippen LogP contribution in [0, 0.1) is 12.7 Å². The van der Waals surface area contributed by atoms with Gasteiger partial charge in [-0.3, -0.25) is 0 Å². The van der Waals surface area contributed by atoms with Gasteiger partial charge in [0.15, 0.2) is 0 Å². The Morgan fingerprint density at radius 2 is 1.95 bits per heavy atom. The molecule has 0 aromatic heterocycles. The third-order valence-corrected chi connectivity index (χ3v) is 3.29. The van der Waals surface area contributed by atoms with Crippen molar-refractivity contribution in [3.05, 3.63) is 65.5 Å². The highest BCUT2D eigenvalue weighted by Crippen LogP contribution is 2.25. The van der Waals surface area contributed by atoms with Gasteiger partial charge in [0.25, 0.3) is 0 Å². The summed E-state index contributed by atoms with van der Waals surface area (Å²) in [5.41, 5.74) is 8.18. The van der Waals surface area contributed by atoms with Crippen LogP contribution in [0.25, 0.3) is 0 Å². The van der Waals surface area contributed by atoms with Crippen molar-refractivity contribution in [1.82, 2.24) is 0 Å². The number of benzene rings is 2. The van der Waals surface area contributed by atoms with Gasteiger partial charge in [-0.05, 0) is 36.2 Å². The van der Waals surface area contributed by atoms with Gasteiger partial charge >= 0.3 is 0 Å². The number of anilines is 1. The maximum atomic E-state index is 13.4. The van der Waals surface area contributed by atoms with E-state index >= 15 is 0 Å². The monoisotopic (exact) mass is 274 g/mol. The van der Waals surface area contributed by atoms with Crippen LogP contribution in [0.2, 0.25) is 0 Å². The summed E-state index contributed by atoms with van der Waals surface area (Å²) in [6.07, 6.45) is -0.795. The van der Waals surface area contributed by atoms with Gasteiger partial charge in [-0.15, -0.1) is 0 Å².